The first-order valence-corrected chi connectivity index (χ1v) is 4.35. The highest BCUT2D eigenvalue weighted by atomic mass is 16.4. The molecule has 1 N–H and O–H groups in total. The van der Waals surface area contributed by atoms with E-state index in [-0.39, 0.29) is 5.69 Å². The summed E-state index contributed by atoms with van der Waals surface area (Å²) in [5.41, 5.74) is 1.22. The number of carboxylic acids is 1. The predicted octanol–water partition coefficient (Wildman–Crippen LogP) is 1.53. The largest absolute Gasteiger partial charge is 0.477 e. The first kappa shape index (κ1) is 8.70. The maximum Gasteiger partial charge on any atom is 0.354 e. The molecule has 0 atom stereocenters. The molecule has 0 spiro atoms. The molecule has 2 rings (SSSR count). The van der Waals surface area contributed by atoms with Gasteiger partial charge in [0, 0.05) is 6.20 Å². The van der Waals surface area contributed by atoms with Crippen molar-refractivity contribution in [3.63, 3.8) is 0 Å². The molecule has 1 fully saturated rings. The molecule has 4 nitrogen and oxygen atoms in total. The number of carboxylic acid groups (broad SMARTS) is 1. The zero-order chi connectivity index (χ0) is 10.1. The monoisotopic (exact) mass is 188 g/mol. The molecule has 0 saturated heterocycles. The highest BCUT2D eigenvalue weighted by Crippen LogP contribution is 2.41. The van der Waals surface area contributed by atoms with Gasteiger partial charge in [-0.2, -0.15) is 5.26 Å². The Hall–Kier alpha value is -1.89. The van der Waals surface area contributed by atoms with E-state index in [9.17, 15) is 4.79 Å². The Kier molecular flexibility index (Phi) is 1.93. The van der Waals surface area contributed by atoms with Gasteiger partial charge in [0.25, 0.3) is 0 Å². The molecule has 1 aliphatic carbocycles. The normalized spacial score (nSPS) is 14.8. The minimum absolute atomic E-state index is 0.0894. The topological polar surface area (TPSA) is 74.0 Å². The number of pyridine rings is 1. The third-order valence-corrected chi connectivity index (χ3v) is 2.27. The summed E-state index contributed by atoms with van der Waals surface area (Å²) in [5, 5.41) is 17.5. The van der Waals surface area contributed by atoms with Crippen LogP contribution in [0.5, 0.6) is 0 Å². The van der Waals surface area contributed by atoms with Crippen molar-refractivity contribution in [2.24, 2.45) is 0 Å². The van der Waals surface area contributed by atoms with Gasteiger partial charge in [-0.05, 0) is 30.4 Å². The molecule has 0 unspecified atom stereocenters. The van der Waals surface area contributed by atoms with E-state index in [0.717, 1.165) is 12.8 Å². The van der Waals surface area contributed by atoms with E-state index in [4.69, 9.17) is 10.4 Å². The molecule has 70 valence electrons. The molecular formula is C10H8N2O2. The Labute approximate surface area is 80.8 Å². The van der Waals surface area contributed by atoms with Gasteiger partial charge in [0.15, 0.2) is 5.69 Å². The van der Waals surface area contributed by atoms with Crippen LogP contribution in [0, 0.1) is 11.3 Å². The number of nitriles is 1. The number of hydrogen-bond acceptors (Lipinski definition) is 3. The average Bonchev–Trinajstić information content (AvgIpc) is 3.00. The van der Waals surface area contributed by atoms with E-state index in [2.05, 4.69) is 4.98 Å². The summed E-state index contributed by atoms with van der Waals surface area (Å²) in [6.45, 7) is 0. The fraction of sp³-hybridized carbons (Fsp3) is 0.300. The lowest BCUT2D eigenvalue weighted by atomic mass is 10.1. The van der Waals surface area contributed by atoms with Crippen molar-refractivity contribution in [2.75, 3.05) is 0 Å². The predicted molar refractivity (Wildman–Crippen MR) is 47.9 cm³/mol. The Morgan fingerprint density at radius 1 is 1.64 bits per heavy atom. The lowest BCUT2D eigenvalue weighted by Gasteiger charge is -2.02. The quantitative estimate of drug-likeness (QED) is 0.763. The zero-order valence-corrected chi connectivity index (χ0v) is 7.40. The van der Waals surface area contributed by atoms with Crippen LogP contribution in [0.1, 0.15) is 40.4 Å². The van der Waals surface area contributed by atoms with Crippen molar-refractivity contribution in [1.82, 2.24) is 4.98 Å². The molecule has 1 heterocycles. The fourth-order valence-corrected chi connectivity index (χ4v) is 1.43. The van der Waals surface area contributed by atoms with Crippen LogP contribution in [0.15, 0.2) is 12.3 Å². The van der Waals surface area contributed by atoms with E-state index < -0.39 is 5.97 Å². The number of rotatable bonds is 2. The van der Waals surface area contributed by atoms with Gasteiger partial charge in [0.1, 0.15) is 6.07 Å². The Balaban J connectivity index is 2.50. The third kappa shape index (κ3) is 1.44. The van der Waals surface area contributed by atoms with E-state index in [0.29, 0.717) is 17.0 Å². The molecule has 1 aromatic heterocycles. The molecule has 1 saturated carbocycles. The maximum absolute atomic E-state index is 10.8. The van der Waals surface area contributed by atoms with Crippen LogP contribution in [0.3, 0.4) is 0 Å². The number of aromatic carboxylic acids is 1. The van der Waals surface area contributed by atoms with Crippen LogP contribution in [-0.2, 0) is 0 Å². The average molecular weight is 188 g/mol. The van der Waals surface area contributed by atoms with Gasteiger partial charge in [-0.1, -0.05) is 0 Å². The van der Waals surface area contributed by atoms with Crippen molar-refractivity contribution < 1.29 is 9.90 Å². The van der Waals surface area contributed by atoms with Gasteiger partial charge in [0.05, 0.1) is 5.56 Å². The molecule has 0 amide bonds. The van der Waals surface area contributed by atoms with Crippen LogP contribution >= 0.6 is 0 Å². The summed E-state index contributed by atoms with van der Waals surface area (Å²) in [6, 6.07) is 3.59. The third-order valence-electron chi connectivity index (χ3n) is 2.27. The van der Waals surface area contributed by atoms with Crippen molar-refractivity contribution in [1.29, 1.82) is 5.26 Å². The first-order valence-electron chi connectivity index (χ1n) is 4.35. The summed E-state index contributed by atoms with van der Waals surface area (Å²) < 4.78 is 0. The molecule has 0 bridgehead atoms. The minimum atomic E-state index is -1.02. The molecule has 1 aromatic rings. The highest BCUT2D eigenvalue weighted by molar-refractivity contribution is 5.87. The number of aromatic nitrogens is 1. The van der Waals surface area contributed by atoms with Crippen LogP contribution in [-0.4, -0.2) is 16.1 Å². The SMILES string of the molecule is N#Cc1cnc(C(=O)O)c(C2CC2)c1. The lowest BCUT2D eigenvalue weighted by Crippen LogP contribution is -2.05. The van der Waals surface area contributed by atoms with E-state index >= 15 is 0 Å². The van der Waals surface area contributed by atoms with Gasteiger partial charge in [-0.25, -0.2) is 9.78 Å². The van der Waals surface area contributed by atoms with Crippen LogP contribution in [0.4, 0.5) is 0 Å². The zero-order valence-electron chi connectivity index (χ0n) is 7.40. The van der Waals surface area contributed by atoms with Crippen LogP contribution < -0.4 is 0 Å². The van der Waals surface area contributed by atoms with Crippen LogP contribution in [0.25, 0.3) is 0 Å². The number of hydrogen-bond donors (Lipinski definition) is 1. The Morgan fingerprint density at radius 2 is 2.36 bits per heavy atom. The van der Waals surface area contributed by atoms with E-state index in [1.54, 1.807) is 6.07 Å². The van der Waals surface area contributed by atoms with Gasteiger partial charge < -0.3 is 5.11 Å². The summed E-state index contributed by atoms with van der Waals surface area (Å²) in [7, 11) is 0. The maximum atomic E-state index is 10.8. The lowest BCUT2D eigenvalue weighted by molar-refractivity contribution is 0.0689. The molecule has 0 aromatic carbocycles. The number of nitrogens with zero attached hydrogens (tertiary/aromatic N) is 2. The molecule has 4 heteroatoms. The molecular weight excluding hydrogens is 180 g/mol. The van der Waals surface area contributed by atoms with Crippen molar-refractivity contribution in [3.8, 4) is 6.07 Å². The van der Waals surface area contributed by atoms with E-state index in [1.807, 2.05) is 6.07 Å². The standard InChI is InChI=1S/C10H8N2O2/c11-4-6-3-8(7-1-2-7)9(10(13)14)12-5-6/h3,5,7H,1-2H2,(H,13,14). The molecule has 1 aliphatic rings. The minimum Gasteiger partial charge on any atom is -0.477 e. The fourth-order valence-electron chi connectivity index (χ4n) is 1.43. The van der Waals surface area contributed by atoms with Crippen molar-refractivity contribution in [3.05, 3.63) is 29.1 Å². The van der Waals surface area contributed by atoms with Gasteiger partial charge in [0.2, 0.25) is 0 Å². The van der Waals surface area contributed by atoms with Crippen molar-refractivity contribution >= 4 is 5.97 Å². The highest BCUT2D eigenvalue weighted by Gasteiger charge is 2.29. The van der Waals surface area contributed by atoms with E-state index in [1.165, 1.54) is 6.20 Å². The number of carbonyl (C=O) groups is 1. The first-order chi connectivity index (χ1) is 6.72. The summed E-state index contributed by atoms with van der Waals surface area (Å²) in [4.78, 5) is 14.6. The Morgan fingerprint density at radius 3 is 2.86 bits per heavy atom. The van der Waals surface area contributed by atoms with Gasteiger partial charge in [-0.15, -0.1) is 0 Å². The van der Waals surface area contributed by atoms with Gasteiger partial charge >= 0.3 is 5.97 Å². The summed E-state index contributed by atoms with van der Waals surface area (Å²) in [6.07, 6.45) is 3.29. The second kappa shape index (κ2) is 3.11. The summed E-state index contributed by atoms with van der Waals surface area (Å²) >= 11 is 0. The molecule has 14 heavy (non-hydrogen) atoms. The molecule has 0 radical (unpaired) electrons. The smallest absolute Gasteiger partial charge is 0.354 e. The second-order valence-electron chi connectivity index (χ2n) is 3.35. The second-order valence-corrected chi connectivity index (χ2v) is 3.35. The van der Waals surface area contributed by atoms with Crippen molar-refractivity contribution in [2.45, 2.75) is 18.8 Å². The van der Waals surface area contributed by atoms with Crippen LogP contribution in [0.2, 0.25) is 0 Å². The molecule has 0 aliphatic heterocycles. The summed E-state index contributed by atoms with van der Waals surface area (Å²) in [5.74, 6) is -0.724. The van der Waals surface area contributed by atoms with Gasteiger partial charge in [-0.3, -0.25) is 0 Å². The Bertz CT molecular complexity index is 430.